The van der Waals surface area contributed by atoms with Gasteiger partial charge < -0.3 is 4.74 Å². The van der Waals surface area contributed by atoms with Crippen molar-refractivity contribution in [3.8, 4) is 0 Å². The Morgan fingerprint density at radius 2 is 1.23 bits per heavy atom. The van der Waals surface area contributed by atoms with Crippen LogP contribution in [0.5, 0.6) is 0 Å². The van der Waals surface area contributed by atoms with Crippen molar-refractivity contribution in [2.75, 3.05) is 7.05 Å². The van der Waals surface area contributed by atoms with Gasteiger partial charge in [0.05, 0.1) is 12.7 Å². The van der Waals surface area contributed by atoms with Gasteiger partial charge in [0.15, 0.2) is 0 Å². The molecule has 0 aliphatic heterocycles. The van der Waals surface area contributed by atoms with Gasteiger partial charge >= 0.3 is 0 Å². The molecule has 134 valence electrons. The van der Waals surface area contributed by atoms with Crippen LogP contribution in [0.15, 0.2) is 91.0 Å². The van der Waals surface area contributed by atoms with Gasteiger partial charge in [-0.15, -0.1) is 0 Å². The normalized spacial score (nSPS) is 13.5. The van der Waals surface area contributed by atoms with Crippen LogP contribution in [0.4, 0.5) is 0 Å². The highest BCUT2D eigenvalue weighted by Gasteiger charge is 2.23. The van der Waals surface area contributed by atoms with Crippen molar-refractivity contribution in [1.29, 1.82) is 0 Å². The molecule has 0 N–H and O–H groups in total. The molecule has 0 aliphatic rings. The first-order chi connectivity index (χ1) is 12.7. The summed E-state index contributed by atoms with van der Waals surface area (Å²) in [6, 6.07) is 31.7. The number of hydrogen-bond donors (Lipinski definition) is 0. The Balaban J connectivity index is 1.73. The quantitative estimate of drug-likeness (QED) is 0.537. The molecule has 0 heterocycles. The van der Waals surface area contributed by atoms with E-state index in [2.05, 4.69) is 104 Å². The molecule has 0 saturated carbocycles. The predicted octanol–water partition coefficient (Wildman–Crippen LogP) is 5.47. The van der Waals surface area contributed by atoms with Crippen LogP contribution in [0, 0.1) is 0 Å². The maximum atomic E-state index is 6.39. The summed E-state index contributed by atoms with van der Waals surface area (Å²) in [4.78, 5) is 2.36. The summed E-state index contributed by atoms with van der Waals surface area (Å²) in [7, 11) is 2.17. The van der Waals surface area contributed by atoms with E-state index in [4.69, 9.17) is 4.74 Å². The van der Waals surface area contributed by atoms with E-state index in [9.17, 15) is 0 Å². The first-order valence-electron chi connectivity index (χ1n) is 9.18. The van der Waals surface area contributed by atoms with Gasteiger partial charge in [-0.2, -0.15) is 0 Å². The summed E-state index contributed by atoms with van der Waals surface area (Å²) in [6.45, 7) is 3.76. The average Bonchev–Trinajstić information content (AvgIpc) is 2.70. The largest absolute Gasteiger partial charge is 0.367 e. The van der Waals surface area contributed by atoms with Crippen LogP contribution in [0.3, 0.4) is 0 Å². The van der Waals surface area contributed by atoms with Crippen LogP contribution in [0.1, 0.15) is 29.7 Å². The summed E-state index contributed by atoms with van der Waals surface area (Å²) in [5.74, 6) is 0. The highest BCUT2D eigenvalue weighted by atomic mass is 16.5. The molecule has 2 atom stereocenters. The topological polar surface area (TPSA) is 12.5 Å². The second kappa shape index (κ2) is 9.33. The smallest absolute Gasteiger partial charge is 0.0981 e. The van der Waals surface area contributed by atoms with Crippen molar-refractivity contribution in [2.24, 2.45) is 0 Å². The summed E-state index contributed by atoms with van der Waals surface area (Å²) in [5, 5.41) is 0. The number of likely N-dealkylation sites (N-methyl/N-ethyl adjacent to an activating group) is 1. The molecule has 0 fully saturated rings. The number of ether oxygens (including phenoxy) is 1. The molecule has 2 nitrogen and oxygen atoms in total. The van der Waals surface area contributed by atoms with E-state index < -0.39 is 0 Å². The Kier molecular flexibility index (Phi) is 6.59. The predicted molar refractivity (Wildman–Crippen MR) is 108 cm³/mol. The van der Waals surface area contributed by atoms with Crippen molar-refractivity contribution in [1.82, 2.24) is 4.90 Å². The van der Waals surface area contributed by atoms with Gasteiger partial charge in [0, 0.05) is 12.6 Å². The summed E-state index contributed by atoms with van der Waals surface area (Å²) >= 11 is 0. The molecule has 0 spiro atoms. The van der Waals surface area contributed by atoms with Gasteiger partial charge in [-0.05, 0) is 30.7 Å². The third-order valence-corrected chi connectivity index (χ3v) is 4.81. The third-order valence-electron chi connectivity index (χ3n) is 4.81. The zero-order chi connectivity index (χ0) is 18.2. The molecular formula is C24H27NO. The molecule has 3 rings (SSSR count). The van der Waals surface area contributed by atoms with Gasteiger partial charge in [-0.3, -0.25) is 4.90 Å². The van der Waals surface area contributed by atoms with Gasteiger partial charge in [0.2, 0.25) is 0 Å². The minimum atomic E-state index is 0.0186. The Bertz CT molecular complexity index is 758. The lowest BCUT2D eigenvalue weighted by atomic mass is 10.0. The first-order valence-corrected chi connectivity index (χ1v) is 9.18. The Morgan fingerprint density at radius 3 is 1.81 bits per heavy atom. The fraction of sp³-hybridized carbons (Fsp3) is 0.250. The number of benzene rings is 3. The molecule has 0 unspecified atom stereocenters. The summed E-state index contributed by atoms with van der Waals surface area (Å²) < 4.78 is 6.39. The molecule has 0 amide bonds. The van der Waals surface area contributed by atoms with E-state index in [-0.39, 0.29) is 12.1 Å². The third kappa shape index (κ3) is 5.04. The monoisotopic (exact) mass is 345 g/mol. The van der Waals surface area contributed by atoms with Crippen LogP contribution in [0.2, 0.25) is 0 Å². The summed E-state index contributed by atoms with van der Waals surface area (Å²) in [5.41, 5.74) is 3.74. The molecule has 3 aromatic carbocycles. The van der Waals surface area contributed by atoms with Crippen LogP contribution in [0.25, 0.3) is 0 Å². The second-order valence-electron chi connectivity index (χ2n) is 6.77. The zero-order valence-corrected chi connectivity index (χ0v) is 15.6. The fourth-order valence-corrected chi connectivity index (χ4v) is 3.16. The summed E-state index contributed by atoms with van der Waals surface area (Å²) in [6.07, 6.45) is 0.0186. The Morgan fingerprint density at radius 1 is 0.731 bits per heavy atom. The Labute approximate surface area is 157 Å². The van der Waals surface area contributed by atoms with Crippen molar-refractivity contribution >= 4 is 0 Å². The maximum absolute atomic E-state index is 6.39. The standard InChI is InChI=1S/C24H27NO/c1-20(25(2)18-21-12-6-3-7-13-21)24(23-16-10-5-11-17-23)26-19-22-14-8-4-9-15-22/h3-17,20,24H,18-19H2,1-2H3/t20-,24+/m0/s1. The van der Waals surface area contributed by atoms with E-state index in [1.165, 1.54) is 16.7 Å². The van der Waals surface area contributed by atoms with E-state index in [1.54, 1.807) is 0 Å². The fourth-order valence-electron chi connectivity index (χ4n) is 3.16. The number of rotatable bonds is 8. The van der Waals surface area contributed by atoms with Crippen molar-refractivity contribution in [3.05, 3.63) is 108 Å². The van der Waals surface area contributed by atoms with Crippen LogP contribution >= 0.6 is 0 Å². The highest BCUT2D eigenvalue weighted by Crippen LogP contribution is 2.26. The molecule has 0 radical (unpaired) electrons. The lowest BCUT2D eigenvalue weighted by molar-refractivity contribution is -0.0156. The number of hydrogen-bond acceptors (Lipinski definition) is 2. The Hall–Kier alpha value is -2.42. The van der Waals surface area contributed by atoms with E-state index in [0.29, 0.717) is 6.61 Å². The van der Waals surface area contributed by atoms with Crippen LogP contribution in [-0.2, 0) is 17.9 Å². The molecule has 0 aromatic heterocycles. The van der Waals surface area contributed by atoms with Gasteiger partial charge in [-0.1, -0.05) is 91.0 Å². The van der Waals surface area contributed by atoms with E-state index in [1.807, 2.05) is 6.07 Å². The van der Waals surface area contributed by atoms with Gasteiger partial charge in [-0.25, -0.2) is 0 Å². The van der Waals surface area contributed by atoms with Crippen molar-refractivity contribution < 1.29 is 4.74 Å². The molecule has 2 heteroatoms. The molecule has 0 saturated heterocycles. The molecule has 26 heavy (non-hydrogen) atoms. The van der Waals surface area contributed by atoms with Crippen molar-refractivity contribution in [3.63, 3.8) is 0 Å². The molecule has 0 aliphatic carbocycles. The van der Waals surface area contributed by atoms with Crippen LogP contribution in [-0.4, -0.2) is 18.0 Å². The lowest BCUT2D eigenvalue weighted by Crippen LogP contribution is -2.35. The average molecular weight is 345 g/mol. The first kappa shape index (κ1) is 18.4. The molecule has 0 bridgehead atoms. The zero-order valence-electron chi connectivity index (χ0n) is 15.6. The minimum absolute atomic E-state index is 0.0186. The SMILES string of the molecule is C[C@@H]([C@@H](OCc1ccccc1)c1ccccc1)N(C)Cc1ccccc1. The lowest BCUT2D eigenvalue weighted by Gasteiger charge is -2.32. The van der Waals surface area contributed by atoms with E-state index in [0.717, 1.165) is 6.54 Å². The van der Waals surface area contributed by atoms with Gasteiger partial charge in [0.25, 0.3) is 0 Å². The molecular weight excluding hydrogens is 318 g/mol. The van der Waals surface area contributed by atoms with E-state index >= 15 is 0 Å². The number of nitrogens with zero attached hydrogens (tertiary/aromatic N) is 1. The van der Waals surface area contributed by atoms with Crippen LogP contribution < -0.4 is 0 Å². The maximum Gasteiger partial charge on any atom is 0.0981 e. The highest BCUT2D eigenvalue weighted by molar-refractivity contribution is 5.20. The second-order valence-corrected chi connectivity index (χ2v) is 6.77. The van der Waals surface area contributed by atoms with Gasteiger partial charge in [0.1, 0.15) is 0 Å². The van der Waals surface area contributed by atoms with Crippen molar-refractivity contribution in [2.45, 2.75) is 32.2 Å². The minimum Gasteiger partial charge on any atom is -0.367 e. The molecule has 3 aromatic rings.